The number of nitrogens with one attached hydrogen (secondary N) is 1. The summed E-state index contributed by atoms with van der Waals surface area (Å²) in [5.41, 5.74) is 1.02. The summed E-state index contributed by atoms with van der Waals surface area (Å²) in [6.45, 7) is -0.419. The number of thioether (sulfide) groups is 1. The number of anilines is 1. The number of halogens is 2. The summed E-state index contributed by atoms with van der Waals surface area (Å²) in [6.07, 6.45) is 0. The number of phenolic OH excluding ortho intramolecular Hbond substituents is 1. The standard InChI is InChI=1S/C19H18F2N4O3S/c1-2-25-17(14-5-3-4-6-15(14)26)23-24-19(25)29-11-16(27)22-12-7-9-13(10-8-12)28-18(20)21/h3-10,18,26H,2,11H2,1H3,(H,22,27). The molecule has 10 heteroatoms. The van der Waals surface area contributed by atoms with Crippen LogP contribution in [0.15, 0.2) is 53.7 Å². The first kappa shape index (κ1) is 20.6. The molecule has 0 unspecified atom stereocenters. The molecule has 0 spiro atoms. The van der Waals surface area contributed by atoms with Gasteiger partial charge in [0.1, 0.15) is 11.5 Å². The zero-order valence-electron chi connectivity index (χ0n) is 15.4. The van der Waals surface area contributed by atoms with Crippen molar-refractivity contribution in [1.82, 2.24) is 14.8 Å². The molecule has 0 aliphatic carbocycles. The molecule has 7 nitrogen and oxygen atoms in total. The van der Waals surface area contributed by atoms with E-state index in [1.54, 1.807) is 24.3 Å². The van der Waals surface area contributed by atoms with Crippen molar-refractivity contribution < 1.29 is 23.4 Å². The third-order valence-electron chi connectivity index (χ3n) is 3.87. The van der Waals surface area contributed by atoms with Crippen molar-refractivity contribution in [2.24, 2.45) is 0 Å². The second kappa shape index (κ2) is 9.37. The van der Waals surface area contributed by atoms with E-state index in [0.29, 0.717) is 28.8 Å². The van der Waals surface area contributed by atoms with E-state index in [-0.39, 0.29) is 23.2 Å². The summed E-state index contributed by atoms with van der Waals surface area (Å²) in [6, 6.07) is 12.5. The van der Waals surface area contributed by atoms with E-state index in [4.69, 9.17) is 0 Å². The number of hydrogen-bond acceptors (Lipinski definition) is 6. The lowest BCUT2D eigenvalue weighted by Crippen LogP contribution is -2.14. The lowest BCUT2D eigenvalue weighted by Gasteiger charge is -2.09. The molecular weight excluding hydrogens is 402 g/mol. The number of ether oxygens (including phenoxy) is 1. The molecule has 0 atom stereocenters. The van der Waals surface area contributed by atoms with Gasteiger partial charge in [0, 0.05) is 12.2 Å². The van der Waals surface area contributed by atoms with Gasteiger partial charge in [-0.2, -0.15) is 8.78 Å². The summed E-state index contributed by atoms with van der Waals surface area (Å²) < 4.78 is 30.4. The Morgan fingerprint density at radius 3 is 2.59 bits per heavy atom. The summed E-state index contributed by atoms with van der Waals surface area (Å²) in [7, 11) is 0. The van der Waals surface area contributed by atoms with Crippen molar-refractivity contribution in [1.29, 1.82) is 0 Å². The molecule has 0 aliphatic rings. The van der Waals surface area contributed by atoms with Gasteiger partial charge >= 0.3 is 6.61 Å². The number of rotatable bonds is 8. The minimum absolute atomic E-state index is 0.0140. The molecule has 0 bridgehead atoms. The van der Waals surface area contributed by atoms with Gasteiger partial charge in [-0.25, -0.2) is 0 Å². The smallest absolute Gasteiger partial charge is 0.387 e. The van der Waals surface area contributed by atoms with Crippen LogP contribution in [-0.4, -0.2) is 38.1 Å². The summed E-state index contributed by atoms with van der Waals surface area (Å²) in [5, 5.41) is 21.5. The molecular formula is C19H18F2N4O3S. The fourth-order valence-electron chi connectivity index (χ4n) is 2.59. The molecule has 3 rings (SSSR count). The van der Waals surface area contributed by atoms with Gasteiger partial charge in [-0.05, 0) is 43.3 Å². The lowest BCUT2D eigenvalue weighted by molar-refractivity contribution is -0.113. The highest BCUT2D eigenvalue weighted by Gasteiger charge is 2.16. The number of para-hydroxylation sites is 1. The minimum Gasteiger partial charge on any atom is -0.507 e. The van der Waals surface area contributed by atoms with E-state index in [9.17, 15) is 18.7 Å². The molecule has 1 heterocycles. The van der Waals surface area contributed by atoms with Crippen LogP contribution >= 0.6 is 11.8 Å². The predicted octanol–water partition coefficient (Wildman–Crippen LogP) is 4.00. The highest BCUT2D eigenvalue weighted by atomic mass is 32.2. The van der Waals surface area contributed by atoms with Crippen LogP contribution in [0.2, 0.25) is 0 Å². The first-order chi connectivity index (χ1) is 14.0. The first-order valence-corrected chi connectivity index (χ1v) is 9.65. The molecule has 0 saturated carbocycles. The molecule has 0 saturated heterocycles. The first-order valence-electron chi connectivity index (χ1n) is 8.67. The van der Waals surface area contributed by atoms with Gasteiger partial charge in [0.25, 0.3) is 0 Å². The maximum Gasteiger partial charge on any atom is 0.387 e. The Bertz CT molecular complexity index is 980. The number of hydrogen-bond donors (Lipinski definition) is 2. The van der Waals surface area contributed by atoms with Crippen molar-refractivity contribution >= 4 is 23.4 Å². The predicted molar refractivity (Wildman–Crippen MR) is 105 cm³/mol. The van der Waals surface area contributed by atoms with Crippen molar-refractivity contribution in [3.8, 4) is 22.9 Å². The number of benzene rings is 2. The van der Waals surface area contributed by atoms with Crippen LogP contribution in [0.5, 0.6) is 11.5 Å². The zero-order valence-corrected chi connectivity index (χ0v) is 16.2. The molecule has 2 aromatic carbocycles. The molecule has 0 radical (unpaired) electrons. The lowest BCUT2D eigenvalue weighted by atomic mass is 10.2. The highest BCUT2D eigenvalue weighted by Crippen LogP contribution is 2.30. The van der Waals surface area contributed by atoms with Crippen molar-refractivity contribution in [2.75, 3.05) is 11.1 Å². The minimum atomic E-state index is -2.90. The van der Waals surface area contributed by atoms with Gasteiger partial charge in [0.05, 0.1) is 11.3 Å². The third-order valence-corrected chi connectivity index (χ3v) is 4.84. The fourth-order valence-corrected chi connectivity index (χ4v) is 3.39. The SMILES string of the molecule is CCn1c(SCC(=O)Nc2ccc(OC(F)F)cc2)nnc1-c1ccccc1O. The molecule has 2 N–H and O–H groups in total. The maximum atomic E-state index is 12.2. The van der Waals surface area contributed by atoms with E-state index in [0.717, 1.165) is 0 Å². The summed E-state index contributed by atoms with van der Waals surface area (Å²) in [5.74, 6) is 0.424. The van der Waals surface area contributed by atoms with E-state index < -0.39 is 6.61 Å². The Labute approximate surface area is 169 Å². The van der Waals surface area contributed by atoms with Crippen LogP contribution in [0.3, 0.4) is 0 Å². The number of amides is 1. The zero-order chi connectivity index (χ0) is 20.8. The average molecular weight is 420 g/mol. The number of aromatic nitrogens is 3. The number of aromatic hydroxyl groups is 1. The monoisotopic (exact) mass is 420 g/mol. The van der Waals surface area contributed by atoms with Gasteiger partial charge in [0.2, 0.25) is 5.91 Å². The number of carbonyl (C=O) groups is 1. The van der Waals surface area contributed by atoms with E-state index in [2.05, 4.69) is 20.3 Å². The molecule has 29 heavy (non-hydrogen) atoms. The van der Waals surface area contributed by atoms with Crippen LogP contribution in [-0.2, 0) is 11.3 Å². The van der Waals surface area contributed by atoms with E-state index in [1.165, 1.54) is 36.0 Å². The molecule has 1 amide bonds. The number of nitrogens with zero attached hydrogens (tertiary/aromatic N) is 3. The average Bonchev–Trinajstić information content (AvgIpc) is 3.10. The number of carbonyl (C=O) groups excluding carboxylic acids is 1. The van der Waals surface area contributed by atoms with E-state index in [1.807, 2.05) is 11.5 Å². The van der Waals surface area contributed by atoms with Crippen molar-refractivity contribution in [2.45, 2.75) is 25.2 Å². The number of alkyl halides is 2. The van der Waals surface area contributed by atoms with Gasteiger partial charge in [0.15, 0.2) is 11.0 Å². The highest BCUT2D eigenvalue weighted by molar-refractivity contribution is 7.99. The van der Waals surface area contributed by atoms with Crippen LogP contribution in [0.25, 0.3) is 11.4 Å². The van der Waals surface area contributed by atoms with Crippen molar-refractivity contribution in [3.05, 3.63) is 48.5 Å². The molecule has 0 fully saturated rings. The quantitative estimate of drug-likeness (QED) is 0.536. The summed E-state index contributed by atoms with van der Waals surface area (Å²) in [4.78, 5) is 12.2. The second-order valence-electron chi connectivity index (χ2n) is 5.81. The van der Waals surface area contributed by atoms with Gasteiger partial charge in [-0.15, -0.1) is 10.2 Å². The Balaban J connectivity index is 1.63. The fraction of sp³-hybridized carbons (Fsp3) is 0.211. The van der Waals surface area contributed by atoms with Crippen molar-refractivity contribution in [3.63, 3.8) is 0 Å². The molecule has 3 aromatic rings. The Morgan fingerprint density at radius 1 is 1.21 bits per heavy atom. The normalized spacial score (nSPS) is 10.9. The topological polar surface area (TPSA) is 89.3 Å². The van der Waals surface area contributed by atoms with Crippen LogP contribution < -0.4 is 10.1 Å². The third kappa shape index (κ3) is 5.23. The second-order valence-corrected chi connectivity index (χ2v) is 6.75. The molecule has 1 aromatic heterocycles. The summed E-state index contributed by atoms with van der Waals surface area (Å²) >= 11 is 1.20. The largest absolute Gasteiger partial charge is 0.507 e. The Morgan fingerprint density at radius 2 is 1.93 bits per heavy atom. The number of phenols is 1. The molecule has 152 valence electrons. The van der Waals surface area contributed by atoms with Gasteiger partial charge < -0.3 is 19.7 Å². The van der Waals surface area contributed by atoms with Crippen LogP contribution in [0.1, 0.15) is 6.92 Å². The van der Waals surface area contributed by atoms with E-state index >= 15 is 0 Å². The van der Waals surface area contributed by atoms with Gasteiger partial charge in [-0.1, -0.05) is 23.9 Å². The maximum absolute atomic E-state index is 12.2. The van der Waals surface area contributed by atoms with Crippen LogP contribution in [0.4, 0.5) is 14.5 Å². The Kier molecular flexibility index (Phi) is 6.65. The van der Waals surface area contributed by atoms with Crippen LogP contribution in [0, 0.1) is 0 Å². The Hall–Kier alpha value is -3.14. The molecule has 0 aliphatic heterocycles. The van der Waals surface area contributed by atoms with Gasteiger partial charge in [-0.3, -0.25) is 4.79 Å².